The smallest absolute Gasteiger partial charge is 0.377 e. The van der Waals surface area contributed by atoms with Gasteiger partial charge in [-0.25, -0.2) is 9.59 Å². The van der Waals surface area contributed by atoms with Gasteiger partial charge in [-0.3, -0.25) is 0 Å². The van der Waals surface area contributed by atoms with Crippen LogP contribution in [0.2, 0.25) is 0 Å². The van der Waals surface area contributed by atoms with Crippen LogP contribution >= 0.6 is 0 Å². The van der Waals surface area contributed by atoms with Gasteiger partial charge in [0.25, 0.3) is 0 Å². The zero-order chi connectivity index (χ0) is 16.5. The van der Waals surface area contributed by atoms with Gasteiger partial charge in [0.2, 0.25) is 5.76 Å². The molecule has 6 nitrogen and oxygen atoms in total. The first-order valence-corrected chi connectivity index (χ1v) is 7.91. The normalized spacial score (nSPS) is 16.1. The molecule has 0 spiro atoms. The predicted octanol–water partition coefficient (Wildman–Crippen LogP) is 2.21. The first-order chi connectivity index (χ1) is 11.7. The van der Waals surface area contributed by atoms with Gasteiger partial charge in [0.1, 0.15) is 31.7 Å². The van der Waals surface area contributed by atoms with E-state index < -0.39 is 11.6 Å². The summed E-state index contributed by atoms with van der Waals surface area (Å²) in [6.07, 6.45) is 4.36. The molecule has 0 unspecified atom stereocenters. The second-order valence-corrected chi connectivity index (χ2v) is 5.84. The van der Waals surface area contributed by atoms with Gasteiger partial charge in [0, 0.05) is 17.0 Å². The number of esters is 1. The molecule has 0 saturated carbocycles. The van der Waals surface area contributed by atoms with E-state index in [-0.39, 0.29) is 12.4 Å². The number of aryl methyl sites for hydroxylation is 2. The van der Waals surface area contributed by atoms with Crippen LogP contribution in [0.25, 0.3) is 11.0 Å². The van der Waals surface area contributed by atoms with E-state index in [1.807, 2.05) is 12.1 Å². The van der Waals surface area contributed by atoms with Gasteiger partial charge in [-0.2, -0.15) is 0 Å². The van der Waals surface area contributed by atoms with Crippen molar-refractivity contribution in [1.29, 1.82) is 0 Å². The molecule has 6 heteroatoms. The summed E-state index contributed by atoms with van der Waals surface area (Å²) in [6, 6.07) is 5.32. The fourth-order valence-electron chi connectivity index (χ4n) is 3.10. The summed E-state index contributed by atoms with van der Waals surface area (Å²) in [4.78, 5) is 23.8. The maximum absolute atomic E-state index is 12.0. The average molecular weight is 328 g/mol. The van der Waals surface area contributed by atoms with Gasteiger partial charge < -0.3 is 18.6 Å². The Morgan fingerprint density at radius 1 is 1.12 bits per heavy atom. The van der Waals surface area contributed by atoms with E-state index in [0.717, 1.165) is 24.6 Å². The van der Waals surface area contributed by atoms with Crippen LogP contribution in [0.3, 0.4) is 0 Å². The third-order valence-corrected chi connectivity index (χ3v) is 4.25. The summed E-state index contributed by atoms with van der Waals surface area (Å²) in [5, 5.41) is 0.804. The average Bonchev–Trinajstić information content (AvgIpc) is 3.05. The molecule has 0 N–H and O–H groups in total. The first kappa shape index (κ1) is 14.8. The number of fused-ring (bicyclic) bond motifs is 2. The molecule has 1 aromatic carbocycles. The fourth-order valence-corrected chi connectivity index (χ4v) is 3.10. The topological polar surface area (TPSA) is 75.0 Å². The Morgan fingerprint density at radius 2 is 1.96 bits per heavy atom. The molecule has 2 aliphatic rings. The number of benzene rings is 1. The van der Waals surface area contributed by atoms with E-state index in [1.54, 1.807) is 0 Å². The van der Waals surface area contributed by atoms with E-state index in [0.29, 0.717) is 24.4 Å². The quantitative estimate of drug-likeness (QED) is 0.635. The first-order valence-electron chi connectivity index (χ1n) is 7.91. The van der Waals surface area contributed by atoms with Gasteiger partial charge in [-0.15, -0.1) is 0 Å². The standard InChI is InChI=1S/C18H16O6/c19-17-8-13(9-23-18(20)16-10-21-4-5-22-16)14-6-11-2-1-3-12(11)7-15(14)24-17/h6-8,10H,1-5,9H2. The Kier molecular flexibility index (Phi) is 3.72. The minimum Gasteiger partial charge on any atom is -0.493 e. The van der Waals surface area contributed by atoms with Crippen LogP contribution in [-0.2, 0) is 38.5 Å². The van der Waals surface area contributed by atoms with Crippen LogP contribution in [0, 0.1) is 0 Å². The molecule has 1 aliphatic carbocycles. The van der Waals surface area contributed by atoms with Crippen molar-refractivity contribution in [2.24, 2.45) is 0 Å². The maximum atomic E-state index is 12.0. The largest absolute Gasteiger partial charge is 0.493 e. The molecule has 0 radical (unpaired) electrons. The summed E-state index contributed by atoms with van der Waals surface area (Å²) in [6.45, 7) is 0.692. The molecule has 1 aliphatic heterocycles. The van der Waals surface area contributed by atoms with Crippen molar-refractivity contribution in [2.45, 2.75) is 25.9 Å². The molecule has 0 amide bonds. The summed E-state index contributed by atoms with van der Waals surface area (Å²) < 4.78 is 20.8. The number of hydrogen-bond donors (Lipinski definition) is 0. The minimum absolute atomic E-state index is 0.0274. The lowest BCUT2D eigenvalue weighted by Crippen LogP contribution is -2.17. The summed E-state index contributed by atoms with van der Waals surface area (Å²) in [7, 11) is 0. The SMILES string of the molecule is O=C(OCc1cc(=O)oc2cc3c(cc12)CCC3)C1=COCCO1. The van der Waals surface area contributed by atoms with Crippen molar-refractivity contribution in [1.82, 2.24) is 0 Å². The highest BCUT2D eigenvalue weighted by molar-refractivity contribution is 5.87. The molecule has 0 saturated heterocycles. The monoisotopic (exact) mass is 328 g/mol. The Balaban J connectivity index is 1.62. The lowest BCUT2D eigenvalue weighted by Gasteiger charge is -2.14. The number of rotatable bonds is 3. The van der Waals surface area contributed by atoms with Gasteiger partial charge in [0.15, 0.2) is 0 Å². The number of carbonyl (C=O) groups is 1. The van der Waals surface area contributed by atoms with Gasteiger partial charge in [-0.05, 0) is 42.5 Å². The van der Waals surface area contributed by atoms with E-state index in [4.69, 9.17) is 18.6 Å². The summed E-state index contributed by atoms with van der Waals surface area (Å²) in [5.74, 6) is -0.577. The van der Waals surface area contributed by atoms with Crippen LogP contribution in [-0.4, -0.2) is 19.2 Å². The molecule has 0 atom stereocenters. The van der Waals surface area contributed by atoms with Crippen LogP contribution in [0.15, 0.2) is 39.4 Å². The molecular weight excluding hydrogens is 312 g/mol. The van der Waals surface area contributed by atoms with E-state index in [2.05, 4.69) is 0 Å². The maximum Gasteiger partial charge on any atom is 0.377 e. The third kappa shape index (κ3) is 2.75. The van der Waals surface area contributed by atoms with Crippen molar-refractivity contribution in [3.8, 4) is 0 Å². The van der Waals surface area contributed by atoms with Crippen molar-refractivity contribution in [2.75, 3.05) is 13.2 Å². The minimum atomic E-state index is -0.614. The van der Waals surface area contributed by atoms with Crippen molar-refractivity contribution in [3.63, 3.8) is 0 Å². The van der Waals surface area contributed by atoms with Crippen LogP contribution in [0.5, 0.6) is 0 Å². The van der Waals surface area contributed by atoms with E-state index >= 15 is 0 Å². The molecule has 2 aromatic rings. The zero-order valence-corrected chi connectivity index (χ0v) is 13.0. The molecule has 124 valence electrons. The number of carbonyl (C=O) groups excluding carboxylic acids is 1. The molecule has 0 bridgehead atoms. The van der Waals surface area contributed by atoms with Crippen molar-refractivity contribution in [3.05, 3.63) is 57.3 Å². The van der Waals surface area contributed by atoms with E-state index in [1.165, 1.54) is 23.5 Å². The van der Waals surface area contributed by atoms with Crippen molar-refractivity contribution >= 4 is 16.9 Å². The molecular formula is C18H16O6. The highest BCUT2D eigenvalue weighted by Gasteiger charge is 2.19. The third-order valence-electron chi connectivity index (χ3n) is 4.25. The molecule has 1 aromatic heterocycles. The van der Waals surface area contributed by atoms with Crippen LogP contribution < -0.4 is 5.63 Å². The Labute approximate surface area is 137 Å². The Morgan fingerprint density at radius 3 is 2.75 bits per heavy atom. The highest BCUT2D eigenvalue weighted by atomic mass is 16.6. The molecule has 2 heterocycles. The summed E-state index contributed by atoms with van der Waals surface area (Å²) in [5.41, 5.74) is 3.18. The fraction of sp³-hybridized carbons (Fsp3) is 0.333. The molecule has 0 fully saturated rings. The Hall–Kier alpha value is -2.76. The number of ether oxygens (including phenoxy) is 3. The Bertz CT molecular complexity index is 892. The van der Waals surface area contributed by atoms with E-state index in [9.17, 15) is 9.59 Å². The van der Waals surface area contributed by atoms with Crippen LogP contribution in [0.4, 0.5) is 0 Å². The van der Waals surface area contributed by atoms with Crippen LogP contribution in [0.1, 0.15) is 23.1 Å². The van der Waals surface area contributed by atoms with Gasteiger partial charge >= 0.3 is 11.6 Å². The molecule has 24 heavy (non-hydrogen) atoms. The van der Waals surface area contributed by atoms with Gasteiger partial charge in [-0.1, -0.05) is 0 Å². The number of hydrogen-bond acceptors (Lipinski definition) is 6. The second-order valence-electron chi connectivity index (χ2n) is 5.84. The highest BCUT2D eigenvalue weighted by Crippen LogP contribution is 2.28. The lowest BCUT2D eigenvalue weighted by molar-refractivity contribution is -0.145. The lowest BCUT2D eigenvalue weighted by atomic mass is 10.0. The predicted molar refractivity (Wildman–Crippen MR) is 84.3 cm³/mol. The molecule has 4 rings (SSSR count). The van der Waals surface area contributed by atoms with Crippen molar-refractivity contribution < 1.29 is 23.4 Å². The summed E-state index contributed by atoms with van der Waals surface area (Å²) >= 11 is 0. The van der Waals surface area contributed by atoms with Gasteiger partial charge in [0.05, 0.1) is 0 Å². The second kappa shape index (κ2) is 6.03. The zero-order valence-electron chi connectivity index (χ0n) is 13.0.